The van der Waals surface area contributed by atoms with Crippen LogP contribution in [0.4, 0.5) is 0 Å². The van der Waals surface area contributed by atoms with Crippen molar-refractivity contribution < 1.29 is 9.64 Å². The third kappa shape index (κ3) is 5.20. The van der Waals surface area contributed by atoms with Crippen LogP contribution in [0.15, 0.2) is 42.5 Å². The van der Waals surface area contributed by atoms with E-state index in [-0.39, 0.29) is 17.6 Å². The molecule has 1 aromatic heterocycles. The normalized spacial score (nSPS) is 21.4. The van der Waals surface area contributed by atoms with Crippen molar-refractivity contribution in [2.45, 2.75) is 58.9 Å². The Kier molecular flexibility index (Phi) is 7.04. The van der Waals surface area contributed by atoms with Crippen LogP contribution in [0.5, 0.6) is 0 Å². The lowest BCUT2D eigenvalue weighted by atomic mass is 9.87. The number of benzene rings is 2. The van der Waals surface area contributed by atoms with Crippen LogP contribution in [0.3, 0.4) is 0 Å². The van der Waals surface area contributed by atoms with Gasteiger partial charge in [0.05, 0.1) is 15.7 Å². The lowest BCUT2D eigenvalue weighted by Gasteiger charge is -2.32. The van der Waals surface area contributed by atoms with Crippen molar-refractivity contribution in [2.24, 2.45) is 0 Å². The molecule has 0 aliphatic carbocycles. The summed E-state index contributed by atoms with van der Waals surface area (Å²) in [6.07, 6.45) is 0.401. The van der Waals surface area contributed by atoms with Gasteiger partial charge in [-0.25, -0.2) is 0 Å². The summed E-state index contributed by atoms with van der Waals surface area (Å²) in [5.74, 6) is 0.749. The Bertz CT molecular complexity index is 1190. The number of morpholine rings is 1. The lowest BCUT2D eigenvalue weighted by Crippen LogP contribution is -3.14. The van der Waals surface area contributed by atoms with E-state index >= 15 is 0 Å². The molecule has 1 aliphatic rings. The molecule has 0 saturated carbocycles. The summed E-state index contributed by atoms with van der Waals surface area (Å²) in [7, 11) is 0. The number of halogens is 2. The van der Waals surface area contributed by atoms with E-state index in [1.807, 2.05) is 21.4 Å². The Morgan fingerprint density at radius 1 is 1.06 bits per heavy atom. The molecule has 0 radical (unpaired) electrons. The zero-order valence-corrected chi connectivity index (χ0v) is 22.1. The molecule has 1 fully saturated rings. The van der Waals surface area contributed by atoms with Crippen molar-refractivity contribution in [3.05, 3.63) is 62.8 Å². The highest BCUT2D eigenvalue weighted by molar-refractivity contribution is 7.71. The maximum atomic E-state index is 6.63. The predicted molar refractivity (Wildman–Crippen MR) is 137 cm³/mol. The van der Waals surface area contributed by atoms with Gasteiger partial charge < -0.3 is 9.64 Å². The zero-order valence-electron chi connectivity index (χ0n) is 19.7. The second-order valence-corrected chi connectivity index (χ2v) is 11.1. The van der Waals surface area contributed by atoms with Crippen LogP contribution in [-0.4, -0.2) is 39.6 Å². The molecule has 2 aromatic carbocycles. The van der Waals surface area contributed by atoms with Gasteiger partial charge in [0.25, 0.3) is 0 Å². The smallest absolute Gasteiger partial charge is 0.207 e. The molecule has 8 heteroatoms. The number of rotatable bonds is 4. The molecule has 2 heterocycles. The number of hydrogen-bond acceptors (Lipinski definition) is 3. The molecule has 1 N–H and O–H groups in total. The molecule has 0 unspecified atom stereocenters. The zero-order chi connectivity index (χ0) is 23.9. The summed E-state index contributed by atoms with van der Waals surface area (Å²) in [6.45, 7) is 13.3. The fraction of sp³-hybridized carbons (Fsp3) is 0.440. The number of ether oxygens (including phenoxy) is 1. The Hall–Kier alpha value is -1.70. The fourth-order valence-electron chi connectivity index (χ4n) is 4.43. The standard InChI is InChI=1S/C25H30Cl2N4OS/c1-16-13-29(14-17(2)32-16)15-30-24(33)31(21-8-6-7-20(26)22(21)27)23(28-30)18-9-11-19(12-10-18)25(3,4)5/h6-12,16-17H,13-15H2,1-5H3/p+1/t16-,17-/m1/s1. The minimum absolute atomic E-state index is 0.0698. The van der Waals surface area contributed by atoms with Crippen molar-refractivity contribution in [3.8, 4) is 17.1 Å². The SMILES string of the molecule is C[C@@H]1C[NH+](Cn2nc(-c3ccc(C(C)(C)C)cc3)n(-c3cccc(Cl)c3Cl)c2=S)C[C@@H](C)O1. The quantitative estimate of drug-likeness (QED) is 0.487. The molecule has 0 amide bonds. The van der Waals surface area contributed by atoms with Gasteiger partial charge >= 0.3 is 0 Å². The van der Waals surface area contributed by atoms with E-state index in [0.717, 1.165) is 30.2 Å². The Morgan fingerprint density at radius 2 is 1.70 bits per heavy atom. The highest BCUT2D eigenvalue weighted by Crippen LogP contribution is 2.33. The molecule has 4 rings (SSSR count). The summed E-state index contributed by atoms with van der Waals surface area (Å²) in [6, 6.07) is 14.1. The van der Waals surface area contributed by atoms with Gasteiger partial charge in [-0.3, -0.25) is 4.57 Å². The molecule has 3 aromatic rings. The lowest BCUT2D eigenvalue weighted by molar-refractivity contribution is -0.937. The summed E-state index contributed by atoms with van der Waals surface area (Å²) in [5, 5.41) is 5.92. The van der Waals surface area contributed by atoms with Crippen molar-refractivity contribution in [1.82, 2.24) is 14.3 Å². The van der Waals surface area contributed by atoms with Gasteiger partial charge in [0.15, 0.2) is 12.5 Å². The molecular weight excluding hydrogens is 475 g/mol. The summed E-state index contributed by atoms with van der Waals surface area (Å²) in [4.78, 5) is 1.38. The molecule has 1 aliphatic heterocycles. The molecule has 176 valence electrons. The van der Waals surface area contributed by atoms with E-state index in [0.29, 0.717) is 21.5 Å². The van der Waals surface area contributed by atoms with E-state index in [9.17, 15) is 0 Å². The van der Waals surface area contributed by atoms with Crippen LogP contribution in [0.1, 0.15) is 40.2 Å². The van der Waals surface area contributed by atoms with Crippen LogP contribution in [0.25, 0.3) is 17.1 Å². The number of nitrogens with one attached hydrogen (secondary N) is 1. The Balaban J connectivity index is 1.82. The van der Waals surface area contributed by atoms with E-state index in [4.69, 9.17) is 45.3 Å². The van der Waals surface area contributed by atoms with E-state index in [1.165, 1.54) is 10.5 Å². The first-order chi connectivity index (χ1) is 15.5. The van der Waals surface area contributed by atoms with Gasteiger partial charge in [0, 0.05) is 5.56 Å². The summed E-state index contributed by atoms with van der Waals surface area (Å²) in [5.41, 5.74) is 3.04. The second kappa shape index (κ2) is 9.51. The second-order valence-electron chi connectivity index (χ2n) is 9.92. The van der Waals surface area contributed by atoms with Crippen LogP contribution in [0.2, 0.25) is 10.0 Å². The van der Waals surface area contributed by atoms with Crippen molar-refractivity contribution >= 4 is 35.4 Å². The first-order valence-corrected chi connectivity index (χ1v) is 12.4. The monoisotopic (exact) mass is 505 g/mol. The van der Waals surface area contributed by atoms with Crippen LogP contribution in [0, 0.1) is 4.77 Å². The molecule has 5 nitrogen and oxygen atoms in total. The number of hydrogen-bond donors (Lipinski definition) is 1. The maximum absolute atomic E-state index is 6.63. The van der Waals surface area contributed by atoms with Gasteiger partial charge in [0.2, 0.25) is 4.77 Å². The number of quaternary nitrogens is 1. The number of nitrogens with zero attached hydrogens (tertiary/aromatic N) is 3. The van der Waals surface area contributed by atoms with E-state index < -0.39 is 0 Å². The Labute approximate surface area is 210 Å². The molecule has 0 bridgehead atoms. The van der Waals surface area contributed by atoms with E-state index in [2.05, 4.69) is 58.9 Å². The van der Waals surface area contributed by atoms with Crippen LogP contribution < -0.4 is 4.90 Å². The minimum atomic E-state index is 0.0698. The number of aromatic nitrogens is 3. The summed E-state index contributed by atoms with van der Waals surface area (Å²) >= 11 is 18.9. The molecule has 1 saturated heterocycles. The molecule has 33 heavy (non-hydrogen) atoms. The average molecular weight is 507 g/mol. The van der Waals surface area contributed by atoms with E-state index in [1.54, 1.807) is 6.07 Å². The Morgan fingerprint density at radius 3 is 2.30 bits per heavy atom. The molecule has 0 spiro atoms. The molecule has 2 atom stereocenters. The van der Waals surface area contributed by atoms with Gasteiger partial charge in [-0.1, -0.05) is 74.3 Å². The van der Waals surface area contributed by atoms with Gasteiger partial charge in [-0.2, -0.15) is 4.68 Å². The van der Waals surface area contributed by atoms with Crippen LogP contribution in [-0.2, 0) is 16.8 Å². The largest absolute Gasteiger partial charge is 0.364 e. The van der Waals surface area contributed by atoms with Crippen molar-refractivity contribution in [2.75, 3.05) is 13.1 Å². The predicted octanol–water partition coefficient (Wildman–Crippen LogP) is 5.32. The highest BCUT2D eigenvalue weighted by atomic mass is 35.5. The topological polar surface area (TPSA) is 36.4 Å². The summed E-state index contributed by atoms with van der Waals surface area (Å²) < 4.78 is 10.3. The fourth-order valence-corrected chi connectivity index (χ4v) is 5.10. The average Bonchev–Trinajstić information content (AvgIpc) is 3.05. The van der Waals surface area contributed by atoms with Gasteiger partial charge in [-0.15, -0.1) is 5.10 Å². The van der Waals surface area contributed by atoms with Crippen molar-refractivity contribution in [3.63, 3.8) is 0 Å². The maximum Gasteiger partial charge on any atom is 0.207 e. The minimum Gasteiger partial charge on any atom is -0.364 e. The first-order valence-electron chi connectivity index (χ1n) is 11.3. The van der Waals surface area contributed by atoms with Crippen LogP contribution >= 0.6 is 35.4 Å². The molecular formula is C25H31Cl2N4OS+. The van der Waals surface area contributed by atoms with Gasteiger partial charge in [-0.05, 0) is 49.2 Å². The highest BCUT2D eigenvalue weighted by Gasteiger charge is 2.27. The third-order valence-corrected chi connectivity index (χ3v) is 7.21. The van der Waals surface area contributed by atoms with Crippen molar-refractivity contribution in [1.29, 1.82) is 0 Å². The third-order valence-electron chi connectivity index (χ3n) is 6.01. The van der Waals surface area contributed by atoms with Gasteiger partial charge in [0.1, 0.15) is 25.3 Å². The first kappa shape index (κ1) is 24.4.